The Morgan fingerprint density at radius 2 is 1.85 bits per heavy atom. The number of nitrogens with two attached hydrogens (primary N) is 1. The number of hydrogen-bond acceptors (Lipinski definition) is 7. The number of nitrogens with zero attached hydrogens (tertiary/aromatic N) is 4. The normalized spacial score (nSPS) is 16.6. The van der Waals surface area contributed by atoms with Crippen molar-refractivity contribution < 1.29 is 14.3 Å². The summed E-state index contributed by atoms with van der Waals surface area (Å²) in [5, 5.41) is 0. The van der Waals surface area contributed by atoms with Crippen LogP contribution in [0.2, 0.25) is 0 Å². The van der Waals surface area contributed by atoms with Crippen molar-refractivity contribution >= 4 is 28.9 Å². The Morgan fingerprint density at radius 3 is 2.48 bits per heavy atom. The molecule has 0 radical (unpaired) electrons. The van der Waals surface area contributed by atoms with Crippen molar-refractivity contribution in [3.05, 3.63) is 71.6 Å². The fourth-order valence-electron chi connectivity index (χ4n) is 3.57. The number of carbonyl (C=O) groups is 2. The number of benzene rings is 1. The van der Waals surface area contributed by atoms with Crippen molar-refractivity contribution in [2.24, 2.45) is 0 Å². The van der Waals surface area contributed by atoms with Gasteiger partial charge in [0, 0.05) is 13.0 Å². The van der Waals surface area contributed by atoms with Crippen molar-refractivity contribution in [3.63, 3.8) is 0 Å². The third kappa shape index (κ3) is 5.52. The van der Waals surface area contributed by atoms with Crippen LogP contribution < -0.4 is 5.73 Å². The second kappa shape index (κ2) is 8.97. The van der Waals surface area contributed by atoms with Crippen LogP contribution in [-0.4, -0.2) is 49.9 Å². The van der Waals surface area contributed by atoms with Gasteiger partial charge in [0.1, 0.15) is 22.9 Å². The molecule has 0 spiro atoms. The summed E-state index contributed by atoms with van der Waals surface area (Å²) in [6.07, 6.45) is 5.61. The van der Waals surface area contributed by atoms with Gasteiger partial charge in [-0.3, -0.25) is 4.79 Å². The lowest BCUT2D eigenvalue weighted by molar-refractivity contribution is -0.113. The molecule has 0 saturated carbocycles. The summed E-state index contributed by atoms with van der Waals surface area (Å²) < 4.78 is 5.39. The van der Waals surface area contributed by atoms with E-state index < -0.39 is 11.6 Å². The van der Waals surface area contributed by atoms with Gasteiger partial charge in [-0.25, -0.2) is 19.7 Å². The first-order chi connectivity index (χ1) is 15.7. The minimum atomic E-state index is -0.585. The van der Waals surface area contributed by atoms with E-state index in [-0.39, 0.29) is 17.7 Å². The summed E-state index contributed by atoms with van der Waals surface area (Å²) in [6, 6.07) is 13.5. The predicted molar refractivity (Wildman–Crippen MR) is 125 cm³/mol. The van der Waals surface area contributed by atoms with Gasteiger partial charge in [0.2, 0.25) is 11.9 Å². The van der Waals surface area contributed by atoms with Gasteiger partial charge in [0.15, 0.2) is 0 Å². The van der Waals surface area contributed by atoms with Crippen LogP contribution in [0, 0.1) is 0 Å². The summed E-state index contributed by atoms with van der Waals surface area (Å²) in [7, 11) is 0. The summed E-state index contributed by atoms with van der Waals surface area (Å²) >= 11 is 0. The third-order valence-electron chi connectivity index (χ3n) is 5.16. The summed E-state index contributed by atoms with van der Waals surface area (Å²) in [5.74, 6) is 0.0390. The van der Waals surface area contributed by atoms with Crippen molar-refractivity contribution in [1.29, 1.82) is 0 Å². The Kier molecular flexibility index (Phi) is 6.09. The predicted octanol–water partition coefficient (Wildman–Crippen LogP) is 3.31. The van der Waals surface area contributed by atoms with Crippen LogP contribution in [0.15, 0.2) is 54.6 Å². The number of pyridine rings is 1. The highest BCUT2D eigenvalue weighted by molar-refractivity contribution is 5.97. The Labute approximate surface area is 192 Å². The van der Waals surface area contributed by atoms with Crippen LogP contribution in [0.25, 0.3) is 11.0 Å². The Hall–Kier alpha value is -3.81. The Morgan fingerprint density at radius 1 is 1.09 bits per heavy atom. The molecule has 0 aliphatic carbocycles. The van der Waals surface area contributed by atoms with Gasteiger partial charge >= 0.3 is 5.97 Å². The highest BCUT2D eigenvalue weighted by Gasteiger charge is 2.44. The topological polar surface area (TPSA) is 111 Å². The molecule has 2 aliphatic rings. The molecule has 1 saturated heterocycles. The Bertz CT molecular complexity index is 1200. The number of amides is 1. The van der Waals surface area contributed by atoms with Gasteiger partial charge < -0.3 is 15.4 Å². The van der Waals surface area contributed by atoms with Crippen LogP contribution in [0.5, 0.6) is 0 Å². The summed E-state index contributed by atoms with van der Waals surface area (Å²) in [4.78, 5) is 37.7. The van der Waals surface area contributed by atoms with Crippen molar-refractivity contribution in [2.75, 3.05) is 12.3 Å². The average Bonchev–Trinajstić information content (AvgIpc) is 3.43. The number of rotatable bonds is 3. The van der Waals surface area contributed by atoms with Crippen LogP contribution >= 0.6 is 0 Å². The van der Waals surface area contributed by atoms with Gasteiger partial charge in [-0.15, -0.1) is 0 Å². The molecule has 3 aromatic rings. The number of anilines is 1. The van der Waals surface area contributed by atoms with E-state index in [1.165, 1.54) is 0 Å². The zero-order chi connectivity index (χ0) is 23.6. The lowest BCUT2D eigenvalue weighted by atomic mass is 10.1. The molecule has 33 heavy (non-hydrogen) atoms. The zero-order valence-electron chi connectivity index (χ0n) is 19.0. The van der Waals surface area contributed by atoms with Gasteiger partial charge in [0.25, 0.3) is 0 Å². The second-order valence-corrected chi connectivity index (χ2v) is 8.97. The van der Waals surface area contributed by atoms with Gasteiger partial charge in [0.05, 0.1) is 11.2 Å². The van der Waals surface area contributed by atoms with E-state index in [1.54, 1.807) is 12.1 Å². The summed E-state index contributed by atoms with van der Waals surface area (Å²) in [5.41, 5.74) is 8.37. The third-order valence-corrected chi connectivity index (χ3v) is 5.16. The summed E-state index contributed by atoms with van der Waals surface area (Å²) in [6.45, 7) is 6.30. The number of ether oxygens (including phenoxy) is 1. The maximum atomic E-state index is 12.3. The van der Waals surface area contributed by atoms with Crippen molar-refractivity contribution in [3.8, 4) is 0 Å². The monoisotopic (exact) mass is 445 g/mol. The molecule has 1 aromatic carbocycles. The zero-order valence-corrected chi connectivity index (χ0v) is 19.0. The van der Waals surface area contributed by atoms with Gasteiger partial charge in [-0.1, -0.05) is 42.5 Å². The molecule has 2 aliphatic heterocycles. The SMILES string of the molecule is CC(C)(C)OC(=O)c1ccc2nc(N)nc(Cc3ccccc3)c2n1.O=C1C2CC=CCN12. The first-order valence-corrected chi connectivity index (χ1v) is 10.9. The van der Waals surface area contributed by atoms with Crippen LogP contribution in [0.1, 0.15) is 48.9 Å². The first-order valence-electron chi connectivity index (χ1n) is 10.9. The molecule has 2 aromatic heterocycles. The van der Waals surface area contributed by atoms with E-state index in [9.17, 15) is 9.59 Å². The van der Waals surface area contributed by atoms with Crippen LogP contribution in [0.3, 0.4) is 0 Å². The number of nitrogen functional groups attached to an aromatic ring is 1. The van der Waals surface area contributed by atoms with E-state index in [4.69, 9.17) is 10.5 Å². The minimum absolute atomic E-state index is 0.185. The van der Waals surface area contributed by atoms with E-state index in [0.29, 0.717) is 29.1 Å². The number of aromatic nitrogens is 3. The molecule has 5 rings (SSSR count). The molecule has 1 amide bonds. The van der Waals surface area contributed by atoms with E-state index in [1.807, 2.05) is 62.1 Å². The van der Waals surface area contributed by atoms with E-state index in [0.717, 1.165) is 18.5 Å². The minimum Gasteiger partial charge on any atom is -0.455 e. The van der Waals surface area contributed by atoms with Gasteiger partial charge in [-0.2, -0.15) is 0 Å². The van der Waals surface area contributed by atoms with Crippen molar-refractivity contribution in [1.82, 2.24) is 19.9 Å². The quantitative estimate of drug-likeness (QED) is 0.374. The van der Waals surface area contributed by atoms with Crippen molar-refractivity contribution in [2.45, 2.75) is 45.3 Å². The van der Waals surface area contributed by atoms with Crippen LogP contribution in [0.4, 0.5) is 5.95 Å². The maximum absolute atomic E-state index is 12.3. The molecule has 1 atom stereocenters. The van der Waals surface area contributed by atoms with E-state index >= 15 is 0 Å². The lowest BCUT2D eigenvalue weighted by Gasteiger charge is -2.19. The molecule has 1 unspecified atom stereocenters. The molecule has 8 nitrogen and oxygen atoms in total. The number of hydrogen-bond donors (Lipinski definition) is 1. The molecule has 170 valence electrons. The van der Waals surface area contributed by atoms with E-state index in [2.05, 4.69) is 21.0 Å². The van der Waals surface area contributed by atoms with Crippen LogP contribution in [-0.2, 0) is 16.0 Å². The lowest BCUT2D eigenvalue weighted by Crippen LogP contribution is -2.24. The standard InChI is InChI=1S/C19H20N4O2.C6H7NO/c1-19(2,3)25-17(24)14-10-9-13-16(21-14)15(23-18(20)22-13)11-12-7-5-4-6-8-12;8-6-5-3-1-2-4-7(5)6/h4-10H,11H2,1-3H3,(H2,20,22,23);1-2,5H,3-4H2. The molecule has 2 N–H and O–H groups in total. The Balaban J connectivity index is 0.000000269. The number of fused-ring (bicyclic) bond motifs is 2. The molecular weight excluding hydrogens is 418 g/mol. The highest BCUT2D eigenvalue weighted by Crippen LogP contribution is 2.26. The smallest absolute Gasteiger partial charge is 0.357 e. The molecule has 4 heterocycles. The fraction of sp³-hybridized carbons (Fsp3) is 0.320. The number of carbonyl (C=O) groups excluding carboxylic acids is 2. The average molecular weight is 446 g/mol. The highest BCUT2D eigenvalue weighted by atomic mass is 16.6. The molecule has 1 fully saturated rings. The maximum Gasteiger partial charge on any atom is 0.357 e. The molecule has 0 bridgehead atoms. The number of esters is 1. The fourth-order valence-corrected chi connectivity index (χ4v) is 3.57. The molecular formula is C25H27N5O3. The first kappa shape index (κ1) is 22.4. The largest absolute Gasteiger partial charge is 0.455 e. The van der Waals surface area contributed by atoms with Gasteiger partial charge in [-0.05, 0) is 44.9 Å². The second-order valence-electron chi connectivity index (χ2n) is 8.97. The molecule has 8 heteroatoms.